The van der Waals surface area contributed by atoms with Crippen LogP contribution in [0.3, 0.4) is 0 Å². The molecule has 0 aliphatic rings. The van der Waals surface area contributed by atoms with Gasteiger partial charge in [-0.25, -0.2) is 0 Å². The highest BCUT2D eigenvalue weighted by molar-refractivity contribution is 6.23. The summed E-state index contributed by atoms with van der Waals surface area (Å²) in [7, 11) is 0. The van der Waals surface area contributed by atoms with Crippen molar-refractivity contribution in [3.05, 3.63) is 582 Å². The van der Waals surface area contributed by atoms with Gasteiger partial charge in [0, 0.05) is 98.6 Å². The number of nitrogens with zero attached hydrogens (tertiary/aromatic N) is 6. The Labute approximate surface area is 868 Å². The van der Waals surface area contributed by atoms with Crippen LogP contribution in [-0.2, 0) is 0 Å². The van der Waals surface area contributed by atoms with Crippen molar-refractivity contribution in [2.75, 3.05) is 0 Å². The average molecular weight is 1910 g/mol. The predicted molar refractivity (Wildman–Crippen MR) is 634 cm³/mol. The molecule has 0 fully saturated rings. The third-order valence-electron chi connectivity index (χ3n) is 30.4. The Balaban J connectivity index is 0.000000108. The zero-order valence-corrected chi connectivity index (χ0v) is 82.1. The van der Waals surface area contributed by atoms with E-state index in [0.717, 1.165) is 28.4 Å². The number of para-hydroxylation sites is 7. The van der Waals surface area contributed by atoms with Gasteiger partial charge < -0.3 is 27.4 Å². The Morgan fingerprint density at radius 2 is 0.273 bits per heavy atom. The summed E-state index contributed by atoms with van der Waals surface area (Å²) in [6.07, 6.45) is 0. The molecule has 150 heavy (non-hydrogen) atoms. The molecule has 0 saturated carbocycles. The Morgan fingerprint density at radius 3 is 0.593 bits per heavy atom. The van der Waals surface area contributed by atoms with Crippen LogP contribution < -0.4 is 0 Å². The quantitative estimate of drug-likeness (QED) is 0.0979. The van der Waals surface area contributed by atoms with Gasteiger partial charge in [0.25, 0.3) is 0 Å². The van der Waals surface area contributed by atoms with Crippen molar-refractivity contribution in [2.45, 2.75) is 0 Å². The molecule has 0 N–H and O–H groups in total. The fourth-order valence-electron chi connectivity index (χ4n) is 23.4. The van der Waals surface area contributed by atoms with Gasteiger partial charge in [0.15, 0.2) is 0 Å². The van der Waals surface area contributed by atoms with Crippen molar-refractivity contribution in [1.82, 2.24) is 27.4 Å². The minimum Gasteiger partial charge on any atom is -0.309 e. The summed E-state index contributed by atoms with van der Waals surface area (Å²) in [5, 5.41) is 15.0. The van der Waals surface area contributed by atoms with Crippen LogP contribution in [0, 0.1) is 0 Å². The van der Waals surface area contributed by atoms with Crippen LogP contribution >= 0.6 is 0 Å². The first-order chi connectivity index (χ1) is 74.4. The van der Waals surface area contributed by atoms with Crippen LogP contribution in [0.4, 0.5) is 0 Å². The molecule has 24 aromatic carbocycles. The van der Waals surface area contributed by atoms with E-state index in [1.54, 1.807) is 0 Å². The van der Waals surface area contributed by atoms with E-state index in [0.29, 0.717) is 0 Å². The third-order valence-corrected chi connectivity index (χ3v) is 30.4. The Hall–Kier alpha value is -19.9. The Kier molecular flexibility index (Phi) is 21.9. The summed E-state index contributed by atoms with van der Waals surface area (Å²) in [5.41, 5.74) is 43.3. The molecule has 30 rings (SSSR count). The van der Waals surface area contributed by atoms with Crippen LogP contribution in [0.25, 0.3) is 265 Å². The molecule has 0 amide bonds. The second-order valence-corrected chi connectivity index (χ2v) is 38.9. The lowest BCUT2D eigenvalue weighted by atomic mass is 9.94. The Morgan fingerprint density at radius 1 is 0.0867 bits per heavy atom. The highest BCUT2D eigenvalue weighted by Gasteiger charge is 2.26. The lowest BCUT2D eigenvalue weighted by Crippen LogP contribution is -1.97. The van der Waals surface area contributed by atoms with Crippen molar-refractivity contribution < 1.29 is 0 Å². The summed E-state index contributed by atoms with van der Waals surface area (Å²) in [6.45, 7) is 0. The molecule has 0 unspecified atom stereocenters. The maximum absolute atomic E-state index is 2.46. The standard InChI is InChI=1S/3C48H32N2/c1-3-13-33(14-4-1)35-23-25-37(26-24-35)39-17-7-10-20-44(39)50-46-22-12-9-19-41(46)43-31-47-42(32-48(43)50)40-18-8-11-21-45(40)49(47)38-29-27-36(28-30-38)34-15-5-2-6-16-34;1-3-13-33(14-4-1)36-17-11-18-37(29-36)35-25-27-39(28-26-35)49-45-23-9-7-21-41(45)43-32-48-44(31-47(43)49)42-22-8-10-24-46(42)50(48)40-20-12-19-38(30-40)34-15-5-2-6-16-34;1-3-14-33(15-4-1)36-18-13-19-38(30-36)50-46-25-12-10-23-42(46)44-31-47-43(32-48(44)50)41-22-9-11-24-45(41)49(47)37-28-26-35(27-29-37)40-21-8-7-20-39(40)34-16-5-2-6-17-34/h3*1-32H. The molecule has 6 heterocycles. The molecular formula is C144H96N6. The van der Waals surface area contributed by atoms with Crippen LogP contribution in [0.5, 0.6) is 0 Å². The fourth-order valence-corrected chi connectivity index (χ4v) is 23.4. The summed E-state index contributed by atoms with van der Waals surface area (Å²) < 4.78 is 14.6. The SMILES string of the molecule is c1ccc(-c2ccc(-c3ccccc3-n3c4ccccc4c4cc5c(cc43)c3ccccc3n5-c3ccc(-c4ccccc4)cc3)cc2)cc1.c1ccc(-c2cccc(-c3ccc(-n4c5ccccc5c5cc6c(cc54)c4ccccc4n6-c4cccc(-c5ccccc5)c4)cc3)c2)cc1.c1ccc(-c2cccc(-n3c4ccccc4c4cc5c(cc43)c3ccccc3n5-c3ccc(-c4ccccc4-c4ccccc4)cc3)c2)cc1. The van der Waals surface area contributed by atoms with Gasteiger partial charge >= 0.3 is 0 Å². The van der Waals surface area contributed by atoms with E-state index in [-0.39, 0.29) is 0 Å². The summed E-state index contributed by atoms with van der Waals surface area (Å²) in [5.74, 6) is 0. The van der Waals surface area contributed by atoms with Crippen molar-refractivity contribution in [2.24, 2.45) is 0 Å². The first-order valence-corrected chi connectivity index (χ1v) is 51.6. The number of hydrogen-bond acceptors (Lipinski definition) is 0. The van der Waals surface area contributed by atoms with Crippen molar-refractivity contribution in [3.8, 4) is 134 Å². The molecule has 6 aromatic heterocycles. The smallest absolute Gasteiger partial charge is 0.0549 e. The van der Waals surface area contributed by atoms with Gasteiger partial charge in [-0.1, -0.05) is 437 Å². The first kappa shape index (κ1) is 87.8. The van der Waals surface area contributed by atoms with Gasteiger partial charge in [0.05, 0.1) is 71.9 Å². The topological polar surface area (TPSA) is 29.6 Å². The molecule has 0 radical (unpaired) electrons. The molecule has 702 valence electrons. The monoisotopic (exact) mass is 1910 g/mol. The molecule has 0 atom stereocenters. The van der Waals surface area contributed by atoms with Gasteiger partial charge in [0.2, 0.25) is 0 Å². The van der Waals surface area contributed by atoms with E-state index in [4.69, 9.17) is 0 Å². The van der Waals surface area contributed by atoms with Gasteiger partial charge in [-0.05, 0) is 240 Å². The van der Waals surface area contributed by atoms with Crippen LogP contribution in [0.2, 0.25) is 0 Å². The molecule has 0 aliphatic carbocycles. The fraction of sp³-hybridized carbons (Fsp3) is 0. The lowest BCUT2D eigenvalue weighted by Gasteiger charge is -2.15. The molecule has 0 spiro atoms. The Bertz CT molecular complexity index is 10400. The van der Waals surface area contributed by atoms with Crippen molar-refractivity contribution in [3.63, 3.8) is 0 Å². The average Bonchev–Trinajstić information content (AvgIpc) is 1.56. The minimum absolute atomic E-state index is 1.15. The highest BCUT2D eigenvalue weighted by Crippen LogP contribution is 2.48. The number of benzene rings is 24. The first-order valence-electron chi connectivity index (χ1n) is 51.6. The number of fused-ring (bicyclic) bond motifs is 18. The zero-order chi connectivity index (χ0) is 99.1. The minimum atomic E-state index is 1.15. The largest absolute Gasteiger partial charge is 0.309 e. The molecule has 6 nitrogen and oxygen atoms in total. The van der Waals surface area contributed by atoms with E-state index in [9.17, 15) is 0 Å². The van der Waals surface area contributed by atoms with Crippen molar-refractivity contribution in [1.29, 1.82) is 0 Å². The van der Waals surface area contributed by atoms with E-state index in [1.165, 1.54) is 237 Å². The molecular weight excluding hydrogens is 1810 g/mol. The third kappa shape index (κ3) is 15.4. The lowest BCUT2D eigenvalue weighted by molar-refractivity contribution is 1.17. The molecule has 0 saturated heterocycles. The highest BCUT2D eigenvalue weighted by atomic mass is 15.0. The van der Waals surface area contributed by atoms with Gasteiger partial charge in [-0.15, -0.1) is 0 Å². The van der Waals surface area contributed by atoms with E-state index >= 15 is 0 Å². The second kappa shape index (κ2) is 37.4. The second-order valence-electron chi connectivity index (χ2n) is 38.9. The molecule has 0 aliphatic heterocycles. The maximum atomic E-state index is 2.46. The number of aromatic nitrogens is 6. The van der Waals surface area contributed by atoms with Crippen LogP contribution in [-0.4, -0.2) is 27.4 Å². The summed E-state index contributed by atoms with van der Waals surface area (Å²) in [4.78, 5) is 0. The summed E-state index contributed by atoms with van der Waals surface area (Å²) >= 11 is 0. The molecule has 0 bridgehead atoms. The number of rotatable bonds is 15. The predicted octanol–water partition coefficient (Wildman–Crippen LogP) is 38.6. The zero-order valence-electron chi connectivity index (χ0n) is 82.1. The normalized spacial score (nSPS) is 11.6. The van der Waals surface area contributed by atoms with Crippen molar-refractivity contribution >= 4 is 131 Å². The van der Waals surface area contributed by atoms with Gasteiger partial charge in [-0.2, -0.15) is 0 Å². The summed E-state index contributed by atoms with van der Waals surface area (Å²) in [6, 6.07) is 211. The van der Waals surface area contributed by atoms with E-state index in [2.05, 4.69) is 610 Å². The van der Waals surface area contributed by atoms with E-state index in [1.807, 2.05) is 0 Å². The van der Waals surface area contributed by atoms with Gasteiger partial charge in [0.1, 0.15) is 0 Å². The van der Waals surface area contributed by atoms with Gasteiger partial charge in [-0.3, -0.25) is 0 Å². The van der Waals surface area contributed by atoms with E-state index < -0.39 is 0 Å². The number of hydrogen-bond donors (Lipinski definition) is 0. The maximum Gasteiger partial charge on any atom is 0.0549 e. The molecule has 6 heteroatoms. The molecule has 30 aromatic rings. The van der Waals surface area contributed by atoms with Crippen LogP contribution in [0.15, 0.2) is 582 Å². The van der Waals surface area contributed by atoms with Crippen LogP contribution in [0.1, 0.15) is 0 Å².